The van der Waals surface area contributed by atoms with E-state index in [0.717, 1.165) is 5.56 Å². The predicted molar refractivity (Wildman–Crippen MR) is 66.2 cm³/mol. The topological polar surface area (TPSA) is 41.5 Å². The summed E-state index contributed by atoms with van der Waals surface area (Å²) in [7, 11) is 3.40. The van der Waals surface area contributed by atoms with Gasteiger partial charge in [0.05, 0.1) is 13.2 Å². The van der Waals surface area contributed by atoms with Crippen molar-refractivity contribution in [2.75, 3.05) is 14.2 Å². The van der Waals surface area contributed by atoms with Gasteiger partial charge in [-0.15, -0.1) is 0 Å². The van der Waals surface area contributed by atoms with E-state index in [0.29, 0.717) is 16.3 Å². The maximum atomic E-state index is 10.1. The minimum atomic E-state index is -0.641. The molecule has 0 amide bonds. The lowest BCUT2D eigenvalue weighted by atomic mass is 10.00. The second-order valence-electron chi connectivity index (χ2n) is 3.87. The molecule has 0 aliphatic carbocycles. The summed E-state index contributed by atoms with van der Waals surface area (Å²) < 4.78 is 5.30. The molecule has 0 spiro atoms. The third kappa shape index (κ3) is 2.67. The van der Waals surface area contributed by atoms with E-state index in [4.69, 9.17) is 16.3 Å². The highest BCUT2D eigenvalue weighted by atomic mass is 35.5. The van der Waals surface area contributed by atoms with Crippen LogP contribution < -0.4 is 10.1 Å². The molecule has 16 heavy (non-hydrogen) atoms. The number of methoxy groups -OCH3 is 1. The molecule has 2 unspecified atom stereocenters. The maximum Gasteiger partial charge on any atom is 0.127 e. The van der Waals surface area contributed by atoms with E-state index < -0.39 is 6.10 Å². The fraction of sp³-hybridized carbons (Fsp3) is 0.500. The quantitative estimate of drug-likeness (QED) is 0.853. The summed E-state index contributed by atoms with van der Waals surface area (Å²) >= 11 is 5.98. The number of aliphatic hydroxyl groups is 1. The second kappa shape index (κ2) is 5.53. The summed E-state index contributed by atoms with van der Waals surface area (Å²) in [5.74, 6) is 0.694. The van der Waals surface area contributed by atoms with Crippen LogP contribution in [0.5, 0.6) is 5.75 Å². The second-order valence-corrected chi connectivity index (χ2v) is 4.30. The zero-order valence-corrected chi connectivity index (χ0v) is 10.8. The molecule has 1 rings (SSSR count). The van der Waals surface area contributed by atoms with Crippen LogP contribution in [0.25, 0.3) is 0 Å². The van der Waals surface area contributed by atoms with Crippen LogP contribution in [0.3, 0.4) is 0 Å². The molecule has 2 atom stereocenters. The van der Waals surface area contributed by atoms with Gasteiger partial charge in [-0.1, -0.05) is 11.6 Å². The van der Waals surface area contributed by atoms with Crippen molar-refractivity contribution in [1.82, 2.24) is 5.32 Å². The molecule has 1 aromatic carbocycles. The number of aryl methyl sites for hydroxylation is 1. The minimum Gasteiger partial charge on any atom is -0.496 e. The Kier molecular flexibility index (Phi) is 4.59. The van der Waals surface area contributed by atoms with Crippen molar-refractivity contribution >= 4 is 11.6 Å². The van der Waals surface area contributed by atoms with Gasteiger partial charge < -0.3 is 15.2 Å². The Morgan fingerprint density at radius 1 is 1.44 bits per heavy atom. The first kappa shape index (κ1) is 13.3. The first-order valence-electron chi connectivity index (χ1n) is 5.20. The van der Waals surface area contributed by atoms with Gasteiger partial charge in [0.15, 0.2) is 0 Å². The molecule has 0 aliphatic rings. The Hall–Kier alpha value is -0.770. The number of likely N-dealkylation sites (N-methyl/N-ethyl adjacent to an activating group) is 1. The Bertz CT molecular complexity index is 368. The maximum absolute atomic E-state index is 10.1. The van der Waals surface area contributed by atoms with Gasteiger partial charge in [-0.25, -0.2) is 0 Å². The first-order chi connectivity index (χ1) is 7.51. The van der Waals surface area contributed by atoms with Crippen molar-refractivity contribution < 1.29 is 9.84 Å². The summed E-state index contributed by atoms with van der Waals surface area (Å²) in [6.07, 6.45) is -0.641. The van der Waals surface area contributed by atoms with E-state index in [1.807, 2.05) is 19.9 Å². The smallest absolute Gasteiger partial charge is 0.127 e. The molecule has 1 aromatic rings. The van der Waals surface area contributed by atoms with Gasteiger partial charge >= 0.3 is 0 Å². The van der Waals surface area contributed by atoms with Gasteiger partial charge in [-0.3, -0.25) is 0 Å². The normalized spacial score (nSPS) is 14.6. The van der Waals surface area contributed by atoms with Crippen molar-refractivity contribution in [3.63, 3.8) is 0 Å². The van der Waals surface area contributed by atoms with E-state index in [1.54, 1.807) is 20.2 Å². The van der Waals surface area contributed by atoms with E-state index in [-0.39, 0.29) is 6.04 Å². The average molecular weight is 244 g/mol. The Labute approximate surface area is 101 Å². The first-order valence-corrected chi connectivity index (χ1v) is 5.58. The standard InChI is InChI=1S/C12H18ClNO2/c1-7-5-9(13)6-10(12(7)16-4)11(15)8(2)14-3/h5-6,8,11,14-15H,1-4H3. The summed E-state index contributed by atoms with van der Waals surface area (Å²) in [4.78, 5) is 0. The SMILES string of the molecule is CNC(C)C(O)c1cc(Cl)cc(C)c1OC. The minimum absolute atomic E-state index is 0.0632. The third-order valence-electron chi connectivity index (χ3n) is 2.72. The fourth-order valence-corrected chi connectivity index (χ4v) is 1.96. The van der Waals surface area contributed by atoms with E-state index in [9.17, 15) is 5.11 Å². The van der Waals surface area contributed by atoms with Crippen LogP contribution in [0.4, 0.5) is 0 Å². The van der Waals surface area contributed by atoms with Crippen molar-refractivity contribution in [3.05, 3.63) is 28.3 Å². The monoisotopic (exact) mass is 243 g/mol. The molecule has 0 saturated heterocycles. The lowest BCUT2D eigenvalue weighted by Gasteiger charge is -2.22. The molecule has 0 fully saturated rings. The van der Waals surface area contributed by atoms with Crippen LogP contribution in [0.1, 0.15) is 24.2 Å². The van der Waals surface area contributed by atoms with Crippen molar-refractivity contribution in [3.8, 4) is 5.75 Å². The predicted octanol–water partition coefficient (Wildman–Crippen LogP) is 2.30. The molecule has 2 N–H and O–H groups in total. The van der Waals surface area contributed by atoms with Crippen LogP contribution in [0.2, 0.25) is 5.02 Å². The lowest BCUT2D eigenvalue weighted by molar-refractivity contribution is 0.136. The number of ether oxygens (including phenoxy) is 1. The molecule has 90 valence electrons. The van der Waals surface area contributed by atoms with E-state index >= 15 is 0 Å². The van der Waals surface area contributed by atoms with Crippen molar-refractivity contribution in [1.29, 1.82) is 0 Å². The van der Waals surface area contributed by atoms with Gasteiger partial charge in [-0.05, 0) is 38.6 Å². The molecule has 0 saturated carbocycles. The molecule has 0 aromatic heterocycles. The van der Waals surface area contributed by atoms with Crippen LogP contribution in [-0.2, 0) is 0 Å². The van der Waals surface area contributed by atoms with Gasteiger partial charge in [0.1, 0.15) is 5.75 Å². The van der Waals surface area contributed by atoms with Gasteiger partial charge in [0, 0.05) is 16.6 Å². The molecule has 0 radical (unpaired) electrons. The Morgan fingerprint density at radius 3 is 2.56 bits per heavy atom. The zero-order chi connectivity index (χ0) is 12.3. The fourth-order valence-electron chi connectivity index (χ4n) is 1.68. The third-order valence-corrected chi connectivity index (χ3v) is 2.94. The molecule has 0 aliphatic heterocycles. The number of rotatable bonds is 4. The number of nitrogens with one attached hydrogen (secondary N) is 1. The van der Waals surface area contributed by atoms with Crippen LogP contribution in [0, 0.1) is 6.92 Å². The van der Waals surface area contributed by atoms with Crippen molar-refractivity contribution in [2.24, 2.45) is 0 Å². The highest BCUT2D eigenvalue weighted by Gasteiger charge is 2.20. The number of hydrogen-bond donors (Lipinski definition) is 2. The summed E-state index contributed by atoms with van der Waals surface area (Å²) in [6.45, 7) is 3.81. The molecule has 0 heterocycles. The Balaban J connectivity index is 3.20. The van der Waals surface area contributed by atoms with Gasteiger partial charge in [0.2, 0.25) is 0 Å². The van der Waals surface area contributed by atoms with E-state index in [1.165, 1.54) is 0 Å². The molecule has 4 heteroatoms. The highest BCUT2D eigenvalue weighted by molar-refractivity contribution is 6.30. The van der Waals surface area contributed by atoms with Crippen molar-refractivity contribution in [2.45, 2.75) is 26.0 Å². The van der Waals surface area contributed by atoms with Crippen LogP contribution in [-0.4, -0.2) is 25.3 Å². The lowest BCUT2D eigenvalue weighted by Crippen LogP contribution is -2.29. The molecule has 3 nitrogen and oxygen atoms in total. The zero-order valence-electron chi connectivity index (χ0n) is 10.0. The molecular weight excluding hydrogens is 226 g/mol. The van der Waals surface area contributed by atoms with Crippen LogP contribution in [0.15, 0.2) is 12.1 Å². The number of benzene rings is 1. The van der Waals surface area contributed by atoms with E-state index in [2.05, 4.69) is 5.32 Å². The largest absolute Gasteiger partial charge is 0.496 e. The summed E-state index contributed by atoms with van der Waals surface area (Å²) in [6, 6.07) is 3.50. The summed E-state index contributed by atoms with van der Waals surface area (Å²) in [5, 5.41) is 13.8. The number of hydrogen-bond acceptors (Lipinski definition) is 3. The van der Waals surface area contributed by atoms with Crippen LogP contribution >= 0.6 is 11.6 Å². The molecule has 0 bridgehead atoms. The molecular formula is C12H18ClNO2. The van der Waals surface area contributed by atoms with Gasteiger partial charge in [-0.2, -0.15) is 0 Å². The number of halogens is 1. The average Bonchev–Trinajstić information content (AvgIpc) is 2.26. The summed E-state index contributed by atoms with van der Waals surface area (Å²) in [5.41, 5.74) is 1.64. The van der Waals surface area contributed by atoms with Gasteiger partial charge in [0.25, 0.3) is 0 Å². The Morgan fingerprint density at radius 2 is 2.06 bits per heavy atom. The highest BCUT2D eigenvalue weighted by Crippen LogP contribution is 2.33. The number of aliphatic hydroxyl groups excluding tert-OH is 1.